The molecule has 3 nitrogen and oxygen atoms in total. The van der Waals surface area contributed by atoms with E-state index in [9.17, 15) is 8.42 Å². The van der Waals surface area contributed by atoms with Gasteiger partial charge in [-0.15, -0.1) is 0 Å². The van der Waals surface area contributed by atoms with Crippen molar-refractivity contribution in [3.05, 3.63) is 35.4 Å². The van der Waals surface area contributed by atoms with E-state index in [1.54, 1.807) is 24.3 Å². The van der Waals surface area contributed by atoms with Gasteiger partial charge < -0.3 is 0 Å². The van der Waals surface area contributed by atoms with Crippen LogP contribution in [0.5, 0.6) is 0 Å². The summed E-state index contributed by atoms with van der Waals surface area (Å²) >= 11 is 0. The Bertz CT molecular complexity index is 514. The molecule has 1 heterocycles. The Morgan fingerprint density at radius 1 is 1.33 bits per heavy atom. The third-order valence-corrected chi connectivity index (χ3v) is 4.97. The van der Waals surface area contributed by atoms with Crippen LogP contribution in [0, 0.1) is 11.3 Å². The summed E-state index contributed by atoms with van der Waals surface area (Å²) in [7, 11) is -3.02. The molecule has 1 saturated heterocycles. The van der Waals surface area contributed by atoms with Crippen molar-refractivity contribution in [1.82, 2.24) is 0 Å². The average molecular weight is 221 g/mol. The molecular formula is C11H11NO2S. The summed E-state index contributed by atoms with van der Waals surface area (Å²) in [6.07, 6.45) is 1.34. The van der Waals surface area contributed by atoms with Gasteiger partial charge in [-0.2, -0.15) is 5.26 Å². The van der Waals surface area contributed by atoms with Crippen molar-refractivity contribution >= 4 is 9.84 Å². The maximum absolute atomic E-state index is 11.7. The van der Waals surface area contributed by atoms with Crippen LogP contribution in [0.15, 0.2) is 24.3 Å². The van der Waals surface area contributed by atoms with Gasteiger partial charge in [-0.05, 0) is 24.5 Å². The second-order valence-electron chi connectivity index (χ2n) is 3.70. The predicted octanol–water partition coefficient (Wildman–Crippen LogP) is 1.81. The third-order valence-electron chi connectivity index (χ3n) is 2.76. The Balaban J connectivity index is 2.51. The van der Waals surface area contributed by atoms with Crippen molar-refractivity contribution in [1.29, 1.82) is 5.26 Å². The van der Waals surface area contributed by atoms with E-state index in [-0.39, 0.29) is 5.75 Å². The summed E-state index contributed by atoms with van der Waals surface area (Å²) in [4.78, 5) is 0. The van der Waals surface area contributed by atoms with Crippen molar-refractivity contribution < 1.29 is 8.42 Å². The van der Waals surface area contributed by atoms with Crippen molar-refractivity contribution in [2.24, 2.45) is 0 Å². The number of hydrogen-bond donors (Lipinski definition) is 0. The molecule has 0 N–H and O–H groups in total. The normalized spacial score (nSPS) is 23.5. The molecule has 0 saturated carbocycles. The van der Waals surface area contributed by atoms with E-state index in [0.717, 1.165) is 0 Å². The smallest absolute Gasteiger partial charge is 0.157 e. The van der Waals surface area contributed by atoms with Gasteiger partial charge in [-0.25, -0.2) is 8.42 Å². The van der Waals surface area contributed by atoms with Crippen molar-refractivity contribution in [2.75, 3.05) is 5.75 Å². The van der Waals surface area contributed by atoms with Gasteiger partial charge in [-0.1, -0.05) is 18.2 Å². The molecule has 1 aliphatic rings. The Labute approximate surface area is 89.3 Å². The molecule has 1 aromatic rings. The number of sulfone groups is 1. The summed E-state index contributed by atoms with van der Waals surface area (Å²) < 4.78 is 23.4. The minimum absolute atomic E-state index is 0.247. The first-order valence-electron chi connectivity index (χ1n) is 4.86. The largest absolute Gasteiger partial charge is 0.228 e. The average Bonchev–Trinajstić information content (AvgIpc) is 2.58. The summed E-state index contributed by atoms with van der Waals surface area (Å²) in [6.45, 7) is 0. The molecular weight excluding hydrogens is 210 g/mol. The molecule has 0 aliphatic carbocycles. The number of hydrogen-bond acceptors (Lipinski definition) is 3. The van der Waals surface area contributed by atoms with Crippen molar-refractivity contribution in [2.45, 2.75) is 18.1 Å². The Morgan fingerprint density at radius 2 is 2.07 bits per heavy atom. The fourth-order valence-electron chi connectivity index (χ4n) is 2.02. The van der Waals surface area contributed by atoms with Crippen molar-refractivity contribution in [3.63, 3.8) is 0 Å². The van der Waals surface area contributed by atoms with E-state index in [0.29, 0.717) is 24.0 Å². The van der Waals surface area contributed by atoms with Gasteiger partial charge in [0.15, 0.2) is 9.84 Å². The Kier molecular flexibility index (Phi) is 2.49. The quantitative estimate of drug-likeness (QED) is 0.726. The van der Waals surface area contributed by atoms with E-state index in [1.165, 1.54) is 0 Å². The Morgan fingerprint density at radius 3 is 2.67 bits per heavy atom. The van der Waals surface area contributed by atoms with Crippen LogP contribution in [0.3, 0.4) is 0 Å². The molecule has 0 spiro atoms. The number of benzene rings is 1. The molecule has 78 valence electrons. The highest BCUT2D eigenvalue weighted by Crippen LogP contribution is 2.35. The second kappa shape index (κ2) is 3.67. The minimum atomic E-state index is -3.02. The molecule has 4 heteroatoms. The predicted molar refractivity (Wildman–Crippen MR) is 56.9 cm³/mol. The maximum atomic E-state index is 11.7. The number of nitrogens with zero attached hydrogens (tertiary/aromatic N) is 1. The topological polar surface area (TPSA) is 57.9 Å². The van der Waals surface area contributed by atoms with Crippen LogP contribution in [-0.4, -0.2) is 14.2 Å². The van der Waals surface area contributed by atoms with Gasteiger partial charge in [0.25, 0.3) is 0 Å². The molecule has 1 atom stereocenters. The maximum Gasteiger partial charge on any atom is 0.157 e. The van der Waals surface area contributed by atoms with Crippen LogP contribution in [0.2, 0.25) is 0 Å². The Hall–Kier alpha value is -1.34. The molecule has 1 unspecified atom stereocenters. The lowest BCUT2D eigenvalue weighted by Gasteiger charge is -2.10. The van der Waals surface area contributed by atoms with E-state index in [1.807, 2.05) is 6.07 Å². The van der Waals surface area contributed by atoms with Gasteiger partial charge in [0.1, 0.15) is 0 Å². The highest BCUT2D eigenvalue weighted by Gasteiger charge is 2.33. The van der Waals surface area contributed by atoms with Crippen LogP contribution >= 0.6 is 0 Å². The lowest BCUT2D eigenvalue weighted by Crippen LogP contribution is -2.09. The SMILES string of the molecule is N#Cc1ccccc1C1CCCS1(=O)=O. The van der Waals surface area contributed by atoms with Gasteiger partial charge in [-0.3, -0.25) is 0 Å². The lowest BCUT2D eigenvalue weighted by atomic mass is 10.0. The molecule has 1 fully saturated rings. The molecule has 15 heavy (non-hydrogen) atoms. The highest BCUT2D eigenvalue weighted by molar-refractivity contribution is 7.91. The van der Waals surface area contributed by atoms with Crippen molar-refractivity contribution in [3.8, 4) is 6.07 Å². The van der Waals surface area contributed by atoms with Crippen LogP contribution in [0.4, 0.5) is 0 Å². The third kappa shape index (κ3) is 1.75. The fourth-order valence-corrected chi connectivity index (χ4v) is 3.99. The summed E-state index contributed by atoms with van der Waals surface area (Å²) in [5.41, 5.74) is 1.14. The first kappa shape index (κ1) is 10.2. The zero-order valence-corrected chi connectivity index (χ0v) is 9.00. The van der Waals surface area contributed by atoms with Crippen LogP contribution in [-0.2, 0) is 9.84 Å². The lowest BCUT2D eigenvalue weighted by molar-refractivity contribution is 0.592. The standard InChI is InChI=1S/C11H11NO2S/c12-8-9-4-1-2-5-10(9)11-6-3-7-15(11,13)14/h1-2,4-5,11H,3,6-7H2. The molecule has 0 radical (unpaired) electrons. The summed E-state index contributed by atoms with van der Waals surface area (Å²) in [6, 6.07) is 8.99. The van der Waals surface area contributed by atoms with Gasteiger partial charge in [0.05, 0.1) is 22.6 Å². The van der Waals surface area contributed by atoms with Gasteiger partial charge >= 0.3 is 0 Å². The second-order valence-corrected chi connectivity index (χ2v) is 6.00. The monoisotopic (exact) mass is 221 g/mol. The molecule has 1 aromatic carbocycles. The minimum Gasteiger partial charge on any atom is -0.228 e. The molecule has 0 aromatic heterocycles. The molecule has 0 bridgehead atoms. The summed E-state index contributed by atoms with van der Waals surface area (Å²) in [5.74, 6) is 0.247. The molecule has 0 amide bonds. The van der Waals surface area contributed by atoms with E-state index < -0.39 is 15.1 Å². The van der Waals surface area contributed by atoms with Crippen LogP contribution in [0.25, 0.3) is 0 Å². The van der Waals surface area contributed by atoms with Crippen LogP contribution < -0.4 is 0 Å². The summed E-state index contributed by atoms with van der Waals surface area (Å²) in [5, 5.41) is 8.44. The molecule has 2 rings (SSSR count). The van der Waals surface area contributed by atoms with E-state index >= 15 is 0 Å². The number of rotatable bonds is 1. The highest BCUT2D eigenvalue weighted by atomic mass is 32.2. The zero-order valence-electron chi connectivity index (χ0n) is 8.18. The fraction of sp³-hybridized carbons (Fsp3) is 0.364. The van der Waals surface area contributed by atoms with E-state index in [4.69, 9.17) is 5.26 Å². The van der Waals surface area contributed by atoms with E-state index in [2.05, 4.69) is 0 Å². The van der Waals surface area contributed by atoms with Gasteiger partial charge in [0.2, 0.25) is 0 Å². The first-order valence-corrected chi connectivity index (χ1v) is 6.57. The van der Waals surface area contributed by atoms with Gasteiger partial charge in [0, 0.05) is 0 Å². The number of nitriles is 1. The van der Waals surface area contributed by atoms with Crippen LogP contribution in [0.1, 0.15) is 29.2 Å². The zero-order chi connectivity index (χ0) is 10.9. The first-order chi connectivity index (χ1) is 7.15. The molecule has 1 aliphatic heterocycles.